The van der Waals surface area contributed by atoms with E-state index in [0.717, 1.165) is 12.2 Å². The lowest BCUT2D eigenvalue weighted by Gasteiger charge is -2.49. The van der Waals surface area contributed by atoms with Gasteiger partial charge in [0.1, 0.15) is 5.82 Å². The smallest absolute Gasteiger partial charge is 0.234 e. The summed E-state index contributed by atoms with van der Waals surface area (Å²) in [5.41, 5.74) is 0.0815. The average molecular weight is 270 g/mol. The molecule has 0 spiro atoms. The Kier molecular flexibility index (Phi) is 3.66. The van der Waals surface area contributed by atoms with Crippen LogP contribution >= 0.6 is 11.6 Å². The highest BCUT2D eigenvalue weighted by Gasteiger charge is 2.47. The Hall–Kier alpha value is -1.03. The molecule has 100 valence electrons. The highest BCUT2D eigenvalue weighted by atomic mass is 35.5. The van der Waals surface area contributed by atoms with Crippen molar-refractivity contribution in [1.82, 2.24) is 9.97 Å². The maximum atomic E-state index is 6.20. The molecule has 2 atom stereocenters. The van der Waals surface area contributed by atoms with Crippen LogP contribution in [0, 0.1) is 5.41 Å². The molecular weight excluding hydrogens is 250 g/mol. The van der Waals surface area contributed by atoms with Gasteiger partial charge in [0.25, 0.3) is 0 Å². The first-order chi connectivity index (χ1) is 8.39. The summed E-state index contributed by atoms with van der Waals surface area (Å²) >= 11 is 6.20. The molecule has 1 aromatic heterocycles. The second-order valence-corrected chi connectivity index (χ2v) is 6.16. The molecule has 1 saturated carbocycles. The first kappa shape index (κ1) is 13.4. The number of hydrogen-bond donors (Lipinski definition) is 1. The summed E-state index contributed by atoms with van der Waals surface area (Å²) in [6.07, 6.45) is 4.39. The molecular formula is C13H20ClN3O. The van der Waals surface area contributed by atoms with Crippen LogP contribution in [-0.2, 0) is 0 Å². The third kappa shape index (κ3) is 2.69. The highest BCUT2D eigenvalue weighted by molar-refractivity contribution is 6.21. The summed E-state index contributed by atoms with van der Waals surface area (Å²) in [5, 5.41) is 3.60. The molecule has 2 rings (SSSR count). The van der Waals surface area contributed by atoms with E-state index in [0.29, 0.717) is 11.9 Å². The topological polar surface area (TPSA) is 47.0 Å². The van der Waals surface area contributed by atoms with Crippen LogP contribution in [0.2, 0.25) is 0 Å². The summed E-state index contributed by atoms with van der Waals surface area (Å²) in [6.45, 7) is 8.26. The third-order valence-electron chi connectivity index (χ3n) is 3.44. The van der Waals surface area contributed by atoms with Crippen LogP contribution in [0.25, 0.3) is 0 Å². The zero-order valence-electron chi connectivity index (χ0n) is 11.3. The summed E-state index contributed by atoms with van der Waals surface area (Å²) in [7, 11) is 0. The molecule has 1 aromatic rings. The molecule has 2 unspecified atom stereocenters. The van der Waals surface area contributed by atoms with Crippen LogP contribution in [-0.4, -0.2) is 27.5 Å². The normalized spacial score (nSPS) is 25.7. The molecule has 1 fully saturated rings. The first-order valence-corrected chi connectivity index (χ1v) is 6.72. The van der Waals surface area contributed by atoms with Gasteiger partial charge >= 0.3 is 0 Å². The fourth-order valence-corrected chi connectivity index (χ4v) is 2.34. The quantitative estimate of drug-likeness (QED) is 0.854. The van der Waals surface area contributed by atoms with Crippen LogP contribution in [0.4, 0.5) is 5.82 Å². The van der Waals surface area contributed by atoms with Crippen LogP contribution in [0.3, 0.4) is 0 Å². The van der Waals surface area contributed by atoms with E-state index in [9.17, 15) is 0 Å². The molecule has 0 amide bonds. The predicted octanol–water partition coefficient (Wildman–Crippen LogP) is 3.08. The van der Waals surface area contributed by atoms with Gasteiger partial charge in [-0.05, 0) is 20.3 Å². The van der Waals surface area contributed by atoms with Crippen molar-refractivity contribution in [2.45, 2.75) is 51.6 Å². The summed E-state index contributed by atoms with van der Waals surface area (Å²) in [4.78, 5) is 8.52. The Morgan fingerprint density at radius 3 is 2.72 bits per heavy atom. The second-order valence-electron chi connectivity index (χ2n) is 5.63. The largest absolute Gasteiger partial charge is 0.474 e. The summed E-state index contributed by atoms with van der Waals surface area (Å²) in [6, 6.07) is 0.337. The molecule has 1 aliphatic rings. The van der Waals surface area contributed by atoms with Gasteiger partial charge in [-0.2, -0.15) is 4.98 Å². The maximum absolute atomic E-state index is 6.20. The van der Waals surface area contributed by atoms with Gasteiger partial charge in [0, 0.05) is 16.8 Å². The molecule has 1 heterocycles. The number of anilines is 1. The minimum Gasteiger partial charge on any atom is -0.474 e. The number of hydrogen-bond acceptors (Lipinski definition) is 4. The molecule has 0 radical (unpaired) electrons. The zero-order valence-corrected chi connectivity index (χ0v) is 12.0. The molecule has 0 saturated heterocycles. The minimum atomic E-state index is 0.0815. The van der Waals surface area contributed by atoms with Gasteiger partial charge in [0.2, 0.25) is 5.88 Å². The molecule has 0 aliphatic heterocycles. The van der Waals surface area contributed by atoms with E-state index in [4.69, 9.17) is 16.3 Å². The molecule has 1 N–H and O–H groups in total. The zero-order chi connectivity index (χ0) is 13.3. The first-order valence-electron chi connectivity index (χ1n) is 6.29. The number of nitrogens with zero attached hydrogens (tertiary/aromatic N) is 2. The Morgan fingerprint density at radius 2 is 2.17 bits per heavy atom. The van der Waals surface area contributed by atoms with Crippen LogP contribution in [0.1, 0.15) is 34.1 Å². The fraction of sp³-hybridized carbons (Fsp3) is 0.692. The van der Waals surface area contributed by atoms with E-state index in [-0.39, 0.29) is 16.9 Å². The Labute approximate surface area is 113 Å². The SMILES string of the molecule is CC(C)Oc1cncc(NC2CC(Cl)C2(C)C)n1. The van der Waals surface area contributed by atoms with Crippen molar-refractivity contribution in [2.75, 3.05) is 5.32 Å². The minimum absolute atomic E-state index is 0.0815. The number of ether oxygens (including phenoxy) is 1. The van der Waals surface area contributed by atoms with E-state index in [1.54, 1.807) is 12.4 Å². The van der Waals surface area contributed by atoms with Gasteiger partial charge in [0.05, 0.1) is 18.5 Å². The standard InChI is InChI=1S/C13H20ClN3O/c1-8(2)18-12-7-15-6-11(17-12)16-10-5-9(14)13(10,3)4/h6-10H,5H2,1-4H3,(H,16,17). The molecule has 18 heavy (non-hydrogen) atoms. The second kappa shape index (κ2) is 4.92. The van der Waals surface area contributed by atoms with Gasteiger partial charge in [-0.1, -0.05) is 13.8 Å². The van der Waals surface area contributed by atoms with Gasteiger partial charge in [-0.25, -0.2) is 0 Å². The van der Waals surface area contributed by atoms with Crippen molar-refractivity contribution in [3.8, 4) is 5.88 Å². The summed E-state index contributed by atoms with van der Waals surface area (Å²) < 4.78 is 5.52. The average Bonchev–Trinajstić information content (AvgIpc) is 2.28. The van der Waals surface area contributed by atoms with E-state index >= 15 is 0 Å². The number of alkyl halides is 1. The molecule has 4 nitrogen and oxygen atoms in total. The van der Waals surface area contributed by atoms with Crippen molar-refractivity contribution >= 4 is 17.4 Å². The van der Waals surface area contributed by atoms with Gasteiger partial charge in [-0.15, -0.1) is 11.6 Å². The Balaban J connectivity index is 2.02. The lowest BCUT2D eigenvalue weighted by atomic mass is 9.67. The number of aromatic nitrogens is 2. The van der Waals surface area contributed by atoms with Gasteiger partial charge < -0.3 is 10.1 Å². The third-order valence-corrected chi connectivity index (χ3v) is 4.18. The lowest BCUT2D eigenvalue weighted by Crippen LogP contribution is -2.54. The molecule has 0 bridgehead atoms. The molecule has 1 aliphatic carbocycles. The van der Waals surface area contributed by atoms with E-state index in [1.807, 2.05) is 13.8 Å². The van der Waals surface area contributed by atoms with Crippen LogP contribution < -0.4 is 10.1 Å². The number of nitrogens with one attached hydrogen (secondary N) is 1. The summed E-state index contributed by atoms with van der Waals surface area (Å²) in [5.74, 6) is 1.30. The van der Waals surface area contributed by atoms with Crippen molar-refractivity contribution in [3.63, 3.8) is 0 Å². The van der Waals surface area contributed by atoms with Crippen molar-refractivity contribution in [2.24, 2.45) is 5.41 Å². The molecule has 0 aromatic carbocycles. The predicted molar refractivity (Wildman–Crippen MR) is 73.2 cm³/mol. The van der Waals surface area contributed by atoms with Gasteiger partial charge in [-0.3, -0.25) is 4.98 Å². The molecule has 5 heteroatoms. The highest BCUT2D eigenvalue weighted by Crippen LogP contribution is 2.45. The van der Waals surface area contributed by atoms with E-state index < -0.39 is 0 Å². The van der Waals surface area contributed by atoms with E-state index in [1.165, 1.54) is 0 Å². The Morgan fingerprint density at radius 1 is 1.44 bits per heavy atom. The van der Waals surface area contributed by atoms with Crippen molar-refractivity contribution in [3.05, 3.63) is 12.4 Å². The van der Waals surface area contributed by atoms with Crippen LogP contribution in [0.15, 0.2) is 12.4 Å². The van der Waals surface area contributed by atoms with Gasteiger partial charge in [0.15, 0.2) is 0 Å². The van der Waals surface area contributed by atoms with E-state index in [2.05, 4.69) is 29.1 Å². The fourth-order valence-electron chi connectivity index (χ4n) is 2.01. The van der Waals surface area contributed by atoms with Crippen LogP contribution in [0.5, 0.6) is 5.88 Å². The van der Waals surface area contributed by atoms with Crippen molar-refractivity contribution in [1.29, 1.82) is 0 Å². The number of rotatable bonds is 4. The Bertz CT molecular complexity index is 422. The monoisotopic (exact) mass is 269 g/mol. The maximum Gasteiger partial charge on any atom is 0.234 e. The number of halogens is 1. The lowest BCUT2D eigenvalue weighted by molar-refractivity contribution is 0.168. The van der Waals surface area contributed by atoms with Crippen molar-refractivity contribution < 1.29 is 4.74 Å².